The maximum absolute atomic E-state index is 12.3. The molecule has 167 valence electrons. The van der Waals surface area contributed by atoms with Gasteiger partial charge in [0, 0.05) is 0 Å². The quantitative estimate of drug-likeness (QED) is 0.108. The van der Waals surface area contributed by atoms with Crippen LogP contribution in [0.15, 0.2) is 24.3 Å². The summed E-state index contributed by atoms with van der Waals surface area (Å²) in [5.74, 6) is 0.858. The van der Waals surface area contributed by atoms with Gasteiger partial charge in [-0.05, 0) is 5.92 Å². The average molecular weight is 440 g/mol. The van der Waals surface area contributed by atoms with Crippen LogP contribution in [0.25, 0.3) is 0 Å². The van der Waals surface area contributed by atoms with Gasteiger partial charge in [0.1, 0.15) is 0 Å². The molecule has 0 unspecified atom stereocenters. The zero-order valence-corrected chi connectivity index (χ0v) is 21.5. The van der Waals surface area contributed by atoms with Gasteiger partial charge >= 0.3 is 149 Å². The van der Waals surface area contributed by atoms with E-state index in [4.69, 9.17) is 0 Å². The molecule has 0 radical (unpaired) electrons. The minimum atomic E-state index is -2.42. The minimum absolute atomic E-state index is 0.0536. The first kappa shape index (κ1) is 28.5. The number of allylic oxidation sites excluding steroid dienone is 2. The summed E-state index contributed by atoms with van der Waals surface area (Å²) in [6.07, 6.45) is 18.5. The van der Waals surface area contributed by atoms with Gasteiger partial charge in [-0.2, -0.15) is 0 Å². The van der Waals surface area contributed by atoms with E-state index < -0.39 is 17.9 Å². The third-order valence-corrected chi connectivity index (χ3v) is 9.91. The van der Waals surface area contributed by atoms with Crippen LogP contribution in [-0.4, -0.2) is 8.18 Å². The predicted molar refractivity (Wildman–Crippen MR) is 124 cm³/mol. The molecule has 0 aromatic rings. The van der Waals surface area contributed by atoms with Gasteiger partial charge in [-0.15, -0.1) is 0 Å². The fourth-order valence-corrected chi connectivity index (χ4v) is 7.23. The van der Waals surface area contributed by atoms with E-state index in [1.807, 2.05) is 0 Å². The van der Waals surface area contributed by atoms with E-state index >= 15 is 0 Å². The average Bonchev–Trinajstić information content (AvgIpc) is 2.66. The molecular formula is C26H47O2Ti. The Kier molecular flexibility index (Phi) is 18.0. The summed E-state index contributed by atoms with van der Waals surface area (Å²) in [5.41, 5.74) is 1.09. The Bertz CT molecular complexity index is 467. The standard InChI is InChI=1S/C18H37.2C4H5O.Ti/c1-4-5-6-7-8-9-10-11-12-13-14-15-16-17-18(2)3;2*1-4(2)3-5;/h18H,1,4-17H2,2-3H3;2*1H2,2H3;. The van der Waals surface area contributed by atoms with Gasteiger partial charge in [-0.25, -0.2) is 0 Å². The molecule has 0 atom stereocenters. The van der Waals surface area contributed by atoms with Gasteiger partial charge in [-0.3, -0.25) is 0 Å². The molecule has 0 amide bonds. The fourth-order valence-electron chi connectivity index (χ4n) is 3.64. The van der Waals surface area contributed by atoms with Crippen molar-refractivity contribution < 1.29 is 27.5 Å². The molecule has 0 rings (SSSR count). The van der Waals surface area contributed by atoms with Crippen LogP contribution in [0.2, 0.25) is 4.73 Å². The van der Waals surface area contributed by atoms with Gasteiger partial charge in [0.15, 0.2) is 0 Å². The molecule has 29 heavy (non-hydrogen) atoms. The van der Waals surface area contributed by atoms with E-state index in [2.05, 4.69) is 27.0 Å². The zero-order valence-electron chi connectivity index (χ0n) is 19.9. The van der Waals surface area contributed by atoms with E-state index in [-0.39, 0.29) is 8.18 Å². The van der Waals surface area contributed by atoms with Crippen molar-refractivity contribution in [2.24, 2.45) is 5.92 Å². The fraction of sp³-hybridized carbons (Fsp3) is 0.769. The number of rotatable bonds is 20. The van der Waals surface area contributed by atoms with Crippen LogP contribution >= 0.6 is 0 Å². The number of unbranched alkanes of at least 4 members (excludes halogenated alkanes) is 12. The molecule has 0 bridgehead atoms. The molecule has 0 spiro atoms. The maximum atomic E-state index is 12.3. The molecule has 0 aliphatic rings. The summed E-state index contributed by atoms with van der Waals surface area (Å²) in [6, 6.07) is 0. The molecule has 0 aliphatic carbocycles. The molecule has 0 fully saturated rings. The summed E-state index contributed by atoms with van der Waals surface area (Å²) in [7, 11) is 0. The molecule has 2 nitrogen and oxygen atoms in total. The summed E-state index contributed by atoms with van der Waals surface area (Å²) < 4.78 is 0.907. The van der Waals surface area contributed by atoms with Crippen molar-refractivity contribution >= 4 is 8.18 Å². The van der Waals surface area contributed by atoms with Crippen molar-refractivity contribution in [1.29, 1.82) is 0 Å². The van der Waals surface area contributed by atoms with Crippen LogP contribution in [0, 0.1) is 5.92 Å². The van der Waals surface area contributed by atoms with Gasteiger partial charge in [-0.1, -0.05) is 33.1 Å². The first-order chi connectivity index (χ1) is 13.8. The van der Waals surface area contributed by atoms with Crippen LogP contribution < -0.4 is 0 Å². The van der Waals surface area contributed by atoms with Gasteiger partial charge in [0.05, 0.1) is 0 Å². The Balaban J connectivity index is 3.62. The molecule has 0 heterocycles. The molecule has 0 saturated heterocycles. The van der Waals surface area contributed by atoms with Crippen molar-refractivity contribution in [2.75, 3.05) is 0 Å². The number of carbonyl (C=O) groups is 2. The first-order valence-electron chi connectivity index (χ1n) is 12.0. The monoisotopic (exact) mass is 439 g/mol. The van der Waals surface area contributed by atoms with Crippen molar-refractivity contribution in [3.05, 3.63) is 24.3 Å². The Labute approximate surface area is 187 Å². The van der Waals surface area contributed by atoms with Gasteiger partial charge < -0.3 is 0 Å². The third-order valence-electron chi connectivity index (χ3n) is 5.53. The summed E-state index contributed by atoms with van der Waals surface area (Å²) in [4.78, 5) is 24.6. The second-order valence-corrected chi connectivity index (χ2v) is 12.9. The summed E-state index contributed by atoms with van der Waals surface area (Å²) in [5, 5.41) is 0. The van der Waals surface area contributed by atoms with E-state index in [0.717, 1.165) is 23.5 Å². The van der Waals surface area contributed by atoms with Crippen molar-refractivity contribution in [1.82, 2.24) is 0 Å². The topological polar surface area (TPSA) is 34.1 Å². The molecule has 0 N–H and O–H groups in total. The SMILES string of the molecule is C=C(C)[C](=O)[Ti]([CH2]CCCCCCCCCCCCCCC(C)C)[C](=O)C(=C)C. The number of hydrogen-bond acceptors (Lipinski definition) is 2. The Morgan fingerprint density at radius 1 is 0.621 bits per heavy atom. The second-order valence-electron chi connectivity index (χ2n) is 9.23. The Hall–Kier alpha value is -0.466. The van der Waals surface area contributed by atoms with Crippen molar-refractivity contribution in [2.45, 2.75) is 122 Å². The number of carbonyl (C=O) groups excluding carboxylic acids is 2. The predicted octanol–water partition coefficient (Wildman–Crippen LogP) is 8.35. The van der Waals surface area contributed by atoms with E-state index in [0.29, 0.717) is 11.1 Å². The number of hydrogen-bond donors (Lipinski definition) is 0. The van der Waals surface area contributed by atoms with Gasteiger partial charge in [0.25, 0.3) is 0 Å². The zero-order chi connectivity index (χ0) is 22.1. The Morgan fingerprint density at radius 3 is 1.24 bits per heavy atom. The van der Waals surface area contributed by atoms with Crippen LogP contribution in [0.3, 0.4) is 0 Å². The van der Waals surface area contributed by atoms with Crippen molar-refractivity contribution in [3.8, 4) is 0 Å². The molecular weight excluding hydrogens is 392 g/mol. The van der Waals surface area contributed by atoms with E-state index in [9.17, 15) is 9.59 Å². The summed E-state index contributed by atoms with van der Waals surface area (Å²) >= 11 is -2.42. The molecule has 0 saturated carbocycles. The molecule has 0 aromatic carbocycles. The molecule has 0 aliphatic heterocycles. The van der Waals surface area contributed by atoms with Gasteiger partial charge in [0.2, 0.25) is 0 Å². The van der Waals surface area contributed by atoms with Crippen LogP contribution in [0.4, 0.5) is 0 Å². The summed E-state index contributed by atoms with van der Waals surface area (Å²) in [6.45, 7) is 15.6. The molecule has 3 heteroatoms. The normalized spacial score (nSPS) is 10.9. The Morgan fingerprint density at radius 2 is 0.931 bits per heavy atom. The van der Waals surface area contributed by atoms with Crippen molar-refractivity contribution in [3.63, 3.8) is 0 Å². The molecule has 0 aromatic heterocycles. The third kappa shape index (κ3) is 16.0. The second kappa shape index (κ2) is 18.3. The van der Waals surface area contributed by atoms with Crippen LogP contribution in [0.5, 0.6) is 0 Å². The van der Waals surface area contributed by atoms with Crippen LogP contribution in [-0.2, 0) is 27.5 Å². The first-order valence-corrected chi connectivity index (χ1v) is 14.7. The van der Waals surface area contributed by atoms with Crippen LogP contribution in [0.1, 0.15) is 118 Å². The van der Waals surface area contributed by atoms with E-state index in [1.54, 1.807) is 13.8 Å². The van der Waals surface area contributed by atoms with E-state index in [1.165, 1.54) is 77.0 Å².